The lowest BCUT2D eigenvalue weighted by Crippen LogP contribution is -2.19. The number of aromatic nitrogens is 1. The molecule has 0 atom stereocenters. The molecule has 1 aromatic rings. The Bertz CT molecular complexity index is 545. The fourth-order valence-corrected chi connectivity index (χ4v) is 1.24. The van der Waals surface area contributed by atoms with Crippen LogP contribution in [0.1, 0.15) is 5.56 Å². The van der Waals surface area contributed by atoms with Gasteiger partial charge in [-0.25, -0.2) is 0 Å². The number of carbonyl (C=O) groups is 1. The largest absolute Gasteiger partial charge is 0.573 e. The van der Waals surface area contributed by atoms with E-state index >= 15 is 0 Å². The quantitative estimate of drug-likeness (QED) is 0.506. The molecule has 1 rings (SSSR count). The van der Waals surface area contributed by atoms with E-state index in [2.05, 4.69) is 14.5 Å². The lowest BCUT2D eigenvalue weighted by Gasteiger charge is -2.12. The summed E-state index contributed by atoms with van der Waals surface area (Å²) in [4.78, 5) is 23.5. The summed E-state index contributed by atoms with van der Waals surface area (Å²) in [5.41, 5.74) is -0.740. The molecule has 1 aromatic heterocycles. The van der Waals surface area contributed by atoms with Gasteiger partial charge in [-0.2, -0.15) is 0 Å². The number of nitro groups is 1. The number of ether oxygens (including phenoxy) is 2. The van der Waals surface area contributed by atoms with Crippen LogP contribution in [0.2, 0.25) is 0 Å². The highest BCUT2D eigenvalue weighted by atomic mass is 19.4. The maximum atomic E-state index is 12.1. The predicted octanol–water partition coefficient (Wildman–Crippen LogP) is 1.31. The fraction of sp³-hybridized carbons (Fsp3) is 0.333. The van der Waals surface area contributed by atoms with Gasteiger partial charge >= 0.3 is 18.1 Å². The van der Waals surface area contributed by atoms with E-state index in [0.717, 1.165) is 7.11 Å². The number of aromatic hydroxyl groups is 1. The van der Waals surface area contributed by atoms with E-state index in [9.17, 15) is 33.2 Å². The van der Waals surface area contributed by atoms with E-state index in [-0.39, 0.29) is 0 Å². The van der Waals surface area contributed by atoms with Gasteiger partial charge < -0.3 is 24.7 Å². The number of hydrogen-bond acceptors (Lipinski definition) is 7. The lowest BCUT2D eigenvalue weighted by atomic mass is 10.1. The zero-order valence-corrected chi connectivity index (χ0v) is 9.80. The van der Waals surface area contributed by atoms with E-state index < -0.39 is 46.6 Å². The number of rotatable bonds is 4. The summed E-state index contributed by atoms with van der Waals surface area (Å²) in [6.07, 6.45) is -5.57. The SMILES string of the molecule is COC(=O)Cc1c(OC(F)(F)F)cnc([N+](=O)[O-])c1O. The Kier molecular flexibility index (Phi) is 4.32. The molecule has 0 bridgehead atoms. The average Bonchev–Trinajstić information content (AvgIpc) is 2.31. The maximum Gasteiger partial charge on any atom is 0.573 e. The van der Waals surface area contributed by atoms with Gasteiger partial charge in [0.1, 0.15) is 0 Å². The van der Waals surface area contributed by atoms with Crippen molar-refractivity contribution in [3.63, 3.8) is 0 Å². The number of halogens is 3. The molecule has 0 spiro atoms. The highest BCUT2D eigenvalue weighted by molar-refractivity contribution is 5.75. The minimum atomic E-state index is -5.12. The molecule has 8 nitrogen and oxygen atoms in total. The summed E-state index contributed by atoms with van der Waals surface area (Å²) in [6, 6.07) is 0. The number of carbonyl (C=O) groups excluding carboxylic acids is 1. The van der Waals surface area contributed by atoms with Gasteiger partial charge in [-0.3, -0.25) is 4.79 Å². The van der Waals surface area contributed by atoms with Gasteiger partial charge in [0.15, 0.2) is 11.9 Å². The Labute approximate surface area is 108 Å². The monoisotopic (exact) mass is 296 g/mol. The molecule has 0 aliphatic rings. The zero-order chi connectivity index (χ0) is 15.5. The molecule has 0 aliphatic heterocycles. The first-order valence-electron chi connectivity index (χ1n) is 4.83. The first-order chi connectivity index (χ1) is 9.15. The Balaban J connectivity index is 3.33. The molecule has 20 heavy (non-hydrogen) atoms. The third-order valence-electron chi connectivity index (χ3n) is 2.05. The Hall–Kier alpha value is -2.59. The second-order valence-corrected chi connectivity index (χ2v) is 3.33. The Morgan fingerprint density at radius 2 is 2.15 bits per heavy atom. The molecule has 0 aromatic carbocycles. The highest BCUT2D eigenvalue weighted by Crippen LogP contribution is 2.36. The molecule has 0 saturated carbocycles. The van der Waals surface area contributed by atoms with E-state index in [1.165, 1.54) is 0 Å². The van der Waals surface area contributed by atoms with Crippen LogP contribution in [0.3, 0.4) is 0 Å². The molecule has 0 fully saturated rings. The lowest BCUT2D eigenvalue weighted by molar-refractivity contribution is -0.390. The van der Waals surface area contributed by atoms with Crippen LogP contribution in [0, 0.1) is 10.1 Å². The number of alkyl halides is 3. The summed E-state index contributed by atoms with van der Waals surface area (Å²) in [7, 11) is 0.958. The molecular weight excluding hydrogens is 289 g/mol. The molecule has 0 aliphatic carbocycles. The summed E-state index contributed by atoms with van der Waals surface area (Å²) < 4.78 is 44.2. The van der Waals surface area contributed by atoms with Crippen molar-refractivity contribution in [2.75, 3.05) is 7.11 Å². The number of esters is 1. The summed E-state index contributed by atoms with van der Waals surface area (Å²) in [6.45, 7) is 0. The maximum absolute atomic E-state index is 12.1. The standard InChI is InChI=1S/C9H7F3N2O6/c1-19-6(15)2-4-5(20-9(10,11)12)3-13-8(7(4)16)14(17)18/h3,16H,2H2,1H3. The van der Waals surface area contributed by atoms with Gasteiger partial charge in [0.25, 0.3) is 0 Å². The van der Waals surface area contributed by atoms with Crippen molar-refractivity contribution in [2.24, 2.45) is 0 Å². The Morgan fingerprint density at radius 1 is 1.55 bits per heavy atom. The third-order valence-corrected chi connectivity index (χ3v) is 2.05. The number of pyridine rings is 1. The molecule has 1 N–H and O–H groups in total. The van der Waals surface area contributed by atoms with Crippen LogP contribution in [0.25, 0.3) is 0 Å². The van der Waals surface area contributed by atoms with Crippen molar-refractivity contribution in [1.29, 1.82) is 0 Å². The molecule has 110 valence electrons. The van der Waals surface area contributed by atoms with Crippen molar-refractivity contribution >= 4 is 11.8 Å². The minimum absolute atomic E-state index is 0.392. The smallest absolute Gasteiger partial charge is 0.501 e. The number of nitrogens with zero attached hydrogens (tertiary/aromatic N) is 2. The zero-order valence-electron chi connectivity index (χ0n) is 9.80. The molecule has 11 heteroatoms. The van der Waals surface area contributed by atoms with Gasteiger partial charge in [0.2, 0.25) is 5.75 Å². The first kappa shape index (κ1) is 15.5. The average molecular weight is 296 g/mol. The molecule has 0 saturated heterocycles. The normalized spacial score (nSPS) is 11.0. The van der Waals surface area contributed by atoms with Gasteiger partial charge in [0.05, 0.1) is 19.1 Å². The van der Waals surface area contributed by atoms with E-state index in [4.69, 9.17) is 0 Å². The number of hydrogen-bond donors (Lipinski definition) is 1. The van der Waals surface area contributed by atoms with Gasteiger partial charge in [-0.05, 0) is 9.91 Å². The van der Waals surface area contributed by atoms with Gasteiger partial charge in [-0.1, -0.05) is 0 Å². The van der Waals surface area contributed by atoms with Crippen LogP contribution in [-0.2, 0) is 16.0 Å². The van der Waals surface area contributed by atoms with Crippen LogP contribution >= 0.6 is 0 Å². The second-order valence-electron chi connectivity index (χ2n) is 3.33. The molecule has 0 amide bonds. The van der Waals surface area contributed by atoms with Crippen molar-refractivity contribution < 1.29 is 37.5 Å². The Morgan fingerprint density at radius 3 is 2.60 bits per heavy atom. The molecule has 0 radical (unpaired) electrons. The van der Waals surface area contributed by atoms with Crippen molar-refractivity contribution in [3.05, 3.63) is 21.9 Å². The predicted molar refractivity (Wildman–Crippen MR) is 55.0 cm³/mol. The van der Waals surface area contributed by atoms with Crippen molar-refractivity contribution in [3.8, 4) is 11.5 Å². The topological polar surface area (TPSA) is 112 Å². The van der Waals surface area contributed by atoms with Crippen LogP contribution in [0.4, 0.5) is 19.0 Å². The van der Waals surface area contributed by atoms with E-state index in [1.54, 1.807) is 0 Å². The fourth-order valence-electron chi connectivity index (χ4n) is 1.24. The van der Waals surface area contributed by atoms with Crippen LogP contribution in [-0.4, -0.2) is 34.5 Å². The summed E-state index contributed by atoms with van der Waals surface area (Å²) in [5, 5.41) is 20.1. The molecule has 1 heterocycles. The van der Waals surface area contributed by atoms with E-state index in [1.807, 2.05) is 0 Å². The second kappa shape index (κ2) is 5.59. The third kappa shape index (κ3) is 3.70. The van der Waals surface area contributed by atoms with Crippen molar-refractivity contribution in [2.45, 2.75) is 12.8 Å². The van der Waals surface area contributed by atoms with Crippen molar-refractivity contribution in [1.82, 2.24) is 4.98 Å². The number of methoxy groups -OCH3 is 1. The molecular formula is C9H7F3N2O6. The highest BCUT2D eigenvalue weighted by Gasteiger charge is 2.35. The summed E-state index contributed by atoms with van der Waals surface area (Å²) in [5.74, 6) is -4.33. The van der Waals surface area contributed by atoms with Crippen LogP contribution < -0.4 is 4.74 Å². The van der Waals surface area contributed by atoms with Gasteiger partial charge in [-0.15, -0.1) is 13.2 Å². The first-order valence-corrected chi connectivity index (χ1v) is 4.83. The van der Waals surface area contributed by atoms with Gasteiger partial charge in [0, 0.05) is 0 Å². The minimum Gasteiger partial charge on any atom is -0.501 e. The van der Waals surface area contributed by atoms with Crippen LogP contribution in [0.5, 0.6) is 11.5 Å². The van der Waals surface area contributed by atoms with E-state index in [0.29, 0.717) is 6.20 Å². The summed E-state index contributed by atoms with van der Waals surface area (Å²) >= 11 is 0. The van der Waals surface area contributed by atoms with Crippen LogP contribution in [0.15, 0.2) is 6.20 Å². The molecule has 0 unspecified atom stereocenters.